The molecule has 2 aromatic rings. The molecule has 1 fully saturated rings. The van der Waals surface area contributed by atoms with Crippen LogP contribution in [0.4, 0.5) is 0 Å². The predicted molar refractivity (Wildman–Crippen MR) is 115 cm³/mol. The van der Waals surface area contributed by atoms with Crippen molar-refractivity contribution in [2.75, 3.05) is 19.6 Å². The van der Waals surface area contributed by atoms with Gasteiger partial charge in [0.05, 0.1) is 12.5 Å². The zero-order valence-corrected chi connectivity index (χ0v) is 16.8. The second-order valence-corrected chi connectivity index (χ2v) is 8.13. The first-order chi connectivity index (χ1) is 14.1. The summed E-state index contributed by atoms with van der Waals surface area (Å²) < 4.78 is 0. The van der Waals surface area contributed by atoms with E-state index in [1.54, 1.807) is 4.90 Å². The van der Waals surface area contributed by atoms with Crippen LogP contribution in [0.5, 0.6) is 0 Å². The highest BCUT2D eigenvalue weighted by molar-refractivity contribution is 6.43. The molecule has 3 N–H and O–H groups in total. The molecule has 1 aliphatic heterocycles. The van der Waals surface area contributed by atoms with Gasteiger partial charge < -0.3 is 20.3 Å². The fourth-order valence-electron chi connectivity index (χ4n) is 4.91. The van der Waals surface area contributed by atoms with Gasteiger partial charge in [-0.05, 0) is 60.9 Å². The number of amides is 1. The molecule has 1 unspecified atom stereocenters. The first-order valence-corrected chi connectivity index (χ1v) is 10.7. The van der Waals surface area contributed by atoms with Crippen molar-refractivity contribution in [3.63, 3.8) is 0 Å². The quantitative estimate of drug-likeness (QED) is 0.519. The minimum atomic E-state index is -1.46. The fourth-order valence-corrected chi connectivity index (χ4v) is 4.91. The van der Waals surface area contributed by atoms with Crippen molar-refractivity contribution in [3.05, 3.63) is 70.8 Å². The van der Waals surface area contributed by atoms with Crippen LogP contribution in [0.25, 0.3) is 0 Å². The standard InChI is InChI=1S/C23H29BN2O3/c27-23(26-15-5-10-22(26)24(28)29)16-25-14-13-21-19-8-3-1-6-17(19)11-12-18-7-2-4-9-20(18)21/h1-4,6-9,21-22,25,28-29H,5,10-16H2. The summed E-state index contributed by atoms with van der Waals surface area (Å²) in [5, 5.41) is 22.2. The molecule has 1 aliphatic carbocycles. The lowest BCUT2D eigenvalue weighted by molar-refractivity contribution is -0.130. The number of hydrogen-bond acceptors (Lipinski definition) is 4. The van der Waals surface area contributed by atoms with E-state index in [0.717, 1.165) is 32.2 Å². The molecule has 4 rings (SSSR count). The highest BCUT2D eigenvalue weighted by Gasteiger charge is 2.36. The number of aryl methyl sites for hydroxylation is 2. The minimum Gasteiger partial charge on any atom is -0.426 e. The highest BCUT2D eigenvalue weighted by Crippen LogP contribution is 2.36. The summed E-state index contributed by atoms with van der Waals surface area (Å²) >= 11 is 0. The van der Waals surface area contributed by atoms with Crippen LogP contribution in [0.1, 0.15) is 47.4 Å². The molecule has 5 nitrogen and oxygen atoms in total. The number of likely N-dealkylation sites (tertiary alicyclic amines) is 1. The Morgan fingerprint density at radius 3 is 2.28 bits per heavy atom. The van der Waals surface area contributed by atoms with E-state index >= 15 is 0 Å². The van der Waals surface area contributed by atoms with Crippen molar-refractivity contribution in [1.29, 1.82) is 0 Å². The van der Waals surface area contributed by atoms with Crippen LogP contribution in [0, 0.1) is 0 Å². The molecule has 1 amide bonds. The molecular weight excluding hydrogens is 363 g/mol. The summed E-state index contributed by atoms with van der Waals surface area (Å²) in [6.07, 6.45) is 4.53. The highest BCUT2D eigenvalue weighted by atomic mass is 16.4. The Morgan fingerprint density at radius 2 is 1.66 bits per heavy atom. The summed E-state index contributed by atoms with van der Waals surface area (Å²) in [5.74, 6) is -0.196. The van der Waals surface area contributed by atoms with Gasteiger partial charge in [-0.1, -0.05) is 48.5 Å². The van der Waals surface area contributed by atoms with Crippen LogP contribution in [0.3, 0.4) is 0 Å². The van der Waals surface area contributed by atoms with Crippen molar-refractivity contribution in [3.8, 4) is 0 Å². The van der Waals surface area contributed by atoms with Gasteiger partial charge in [0.2, 0.25) is 5.91 Å². The summed E-state index contributed by atoms with van der Waals surface area (Å²) in [6, 6.07) is 17.4. The van der Waals surface area contributed by atoms with Crippen molar-refractivity contribution in [1.82, 2.24) is 10.2 Å². The summed E-state index contributed by atoms with van der Waals surface area (Å²) in [7, 11) is -1.46. The summed E-state index contributed by atoms with van der Waals surface area (Å²) in [6.45, 7) is 1.57. The van der Waals surface area contributed by atoms with Crippen molar-refractivity contribution >= 4 is 13.0 Å². The molecule has 0 spiro atoms. The monoisotopic (exact) mass is 392 g/mol. The second kappa shape index (κ2) is 9.12. The number of rotatable bonds is 6. The van der Waals surface area contributed by atoms with E-state index in [9.17, 15) is 14.8 Å². The Kier molecular flexibility index (Phi) is 6.33. The summed E-state index contributed by atoms with van der Waals surface area (Å²) in [5.41, 5.74) is 5.63. The molecule has 2 aliphatic rings. The molecule has 6 heteroatoms. The van der Waals surface area contributed by atoms with Crippen LogP contribution in [0.2, 0.25) is 0 Å². The first kappa shape index (κ1) is 20.1. The molecule has 1 atom stereocenters. The van der Waals surface area contributed by atoms with Crippen LogP contribution < -0.4 is 5.32 Å². The Labute approximate surface area is 172 Å². The molecule has 152 valence electrons. The van der Waals surface area contributed by atoms with Crippen LogP contribution in [-0.4, -0.2) is 53.5 Å². The lowest BCUT2D eigenvalue weighted by atomic mass is 9.78. The molecule has 1 heterocycles. The number of hydrogen-bond donors (Lipinski definition) is 3. The number of nitrogens with one attached hydrogen (secondary N) is 1. The molecule has 29 heavy (non-hydrogen) atoms. The zero-order chi connectivity index (χ0) is 20.2. The topological polar surface area (TPSA) is 72.8 Å². The van der Waals surface area contributed by atoms with Gasteiger partial charge in [0.1, 0.15) is 0 Å². The van der Waals surface area contributed by atoms with Crippen LogP contribution >= 0.6 is 0 Å². The van der Waals surface area contributed by atoms with Crippen LogP contribution in [-0.2, 0) is 17.6 Å². The zero-order valence-electron chi connectivity index (χ0n) is 16.8. The molecule has 0 aromatic heterocycles. The summed E-state index contributed by atoms with van der Waals surface area (Å²) in [4.78, 5) is 14.1. The van der Waals surface area contributed by atoms with E-state index < -0.39 is 13.1 Å². The average Bonchev–Trinajstić information content (AvgIpc) is 3.18. The van der Waals surface area contributed by atoms with Gasteiger partial charge in [0.15, 0.2) is 0 Å². The normalized spacial score (nSPS) is 18.8. The van der Waals surface area contributed by atoms with E-state index in [1.807, 2.05) is 0 Å². The Hall–Kier alpha value is -2.15. The number of nitrogens with zero attached hydrogens (tertiary/aromatic N) is 1. The van der Waals surface area contributed by atoms with Crippen molar-refractivity contribution in [2.24, 2.45) is 0 Å². The van der Waals surface area contributed by atoms with Gasteiger partial charge >= 0.3 is 7.12 Å². The number of fused-ring (bicyclic) bond motifs is 2. The van der Waals surface area contributed by atoms with Gasteiger partial charge in [-0.3, -0.25) is 4.79 Å². The molecule has 0 bridgehead atoms. The molecular formula is C23H29BN2O3. The van der Waals surface area contributed by atoms with Gasteiger partial charge in [0, 0.05) is 12.5 Å². The molecule has 0 radical (unpaired) electrons. The van der Waals surface area contributed by atoms with Crippen LogP contribution in [0.15, 0.2) is 48.5 Å². The maximum absolute atomic E-state index is 12.5. The SMILES string of the molecule is O=C(CNCCC1c2ccccc2CCc2ccccc21)N1CCCC1B(O)O. The maximum atomic E-state index is 12.5. The first-order valence-electron chi connectivity index (χ1n) is 10.7. The molecule has 0 saturated carbocycles. The van der Waals surface area contributed by atoms with E-state index in [-0.39, 0.29) is 12.5 Å². The lowest BCUT2D eigenvalue weighted by Crippen LogP contribution is -2.48. The van der Waals surface area contributed by atoms with Gasteiger partial charge in [0.25, 0.3) is 0 Å². The van der Waals surface area contributed by atoms with Gasteiger partial charge in [-0.2, -0.15) is 0 Å². The van der Waals surface area contributed by atoms with Crippen molar-refractivity contribution < 1.29 is 14.8 Å². The Balaban J connectivity index is 1.40. The van der Waals surface area contributed by atoms with E-state index in [2.05, 4.69) is 53.8 Å². The average molecular weight is 392 g/mol. The second-order valence-electron chi connectivity index (χ2n) is 8.13. The van der Waals surface area contributed by atoms with E-state index in [4.69, 9.17) is 0 Å². The van der Waals surface area contributed by atoms with Gasteiger partial charge in [-0.15, -0.1) is 0 Å². The van der Waals surface area contributed by atoms with Gasteiger partial charge in [-0.25, -0.2) is 0 Å². The van der Waals surface area contributed by atoms with E-state index in [1.165, 1.54) is 22.3 Å². The van der Waals surface area contributed by atoms with Crippen molar-refractivity contribution in [2.45, 2.75) is 44.0 Å². The number of carbonyl (C=O) groups is 1. The lowest BCUT2D eigenvalue weighted by Gasteiger charge is -2.24. The Bertz CT molecular complexity index is 810. The fraction of sp³-hybridized carbons (Fsp3) is 0.435. The van der Waals surface area contributed by atoms with E-state index in [0.29, 0.717) is 18.9 Å². The minimum absolute atomic E-state index is 0.0535. The number of carbonyl (C=O) groups excluding carboxylic acids is 1. The maximum Gasteiger partial charge on any atom is 0.475 e. The number of benzene rings is 2. The largest absolute Gasteiger partial charge is 0.475 e. The third-order valence-electron chi connectivity index (χ3n) is 6.37. The smallest absolute Gasteiger partial charge is 0.426 e. The predicted octanol–water partition coefficient (Wildman–Crippen LogP) is 1.90. The third kappa shape index (κ3) is 4.40. The Morgan fingerprint density at radius 1 is 1.03 bits per heavy atom. The molecule has 2 aromatic carbocycles. The molecule has 1 saturated heterocycles. The third-order valence-corrected chi connectivity index (χ3v) is 6.37.